The van der Waals surface area contributed by atoms with Crippen LogP contribution in [0.25, 0.3) is 0 Å². The van der Waals surface area contributed by atoms with Gasteiger partial charge in [0.05, 0.1) is 5.92 Å². The van der Waals surface area contributed by atoms with Crippen molar-refractivity contribution in [3.63, 3.8) is 0 Å². The summed E-state index contributed by atoms with van der Waals surface area (Å²) in [6, 6.07) is 16.5. The smallest absolute Gasteiger partial charge is 1.00 e. The molecule has 2 aromatic carbocycles. The zero-order chi connectivity index (χ0) is 13.0. The van der Waals surface area contributed by atoms with Gasteiger partial charge in [-0.25, -0.2) is 0 Å². The molecule has 4 heteroatoms. The van der Waals surface area contributed by atoms with E-state index in [-0.39, 0.29) is 40.6 Å². The van der Waals surface area contributed by atoms with Crippen molar-refractivity contribution >= 4 is 43.7 Å². The van der Waals surface area contributed by atoms with Gasteiger partial charge in [0.2, 0.25) is 0 Å². The second-order valence-electron chi connectivity index (χ2n) is 4.01. The molecule has 0 fully saturated rings. The van der Waals surface area contributed by atoms with Crippen molar-refractivity contribution in [3.05, 3.63) is 60.2 Å². The van der Waals surface area contributed by atoms with E-state index in [4.69, 9.17) is 9.84 Å². The molecule has 0 aromatic heterocycles. The van der Waals surface area contributed by atoms with Gasteiger partial charge in [-0.3, -0.25) is 4.79 Å². The molecule has 1 unspecified atom stereocenters. The molecule has 0 aliphatic carbocycles. The Kier molecular flexibility index (Phi) is 6.35. The van der Waals surface area contributed by atoms with E-state index in [1.54, 1.807) is 19.1 Å². The van der Waals surface area contributed by atoms with Gasteiger partial charge in [0.25, 0.3) is 0 Å². The summed E-state index contributed by atoms with van der Waals surface area (Å²) in [6.45, 7) is 1.65. The number of carbonyl (C=O) groups is 1. The number of ether oxygens (including phenoxy) is 1. The van der Waals surface area contributed by atoms with Crippen molar-refractivity contribution in [2.45, 2.75) is 12.8 Å². The van der Waals surface area contributed by atoms with Crippen molar-refractivity contribution in [2.75, 3.05) is 0 Å². The summed E-state index contributed by atoms with van der Waals surface area (Å²) in [7, 11) is 0. The van der Waals surface area contributed by atoms with E-state index in [9.17, 15) is 4.79 Å². The van der Waals surface area contributed by atoms with Crippen molar-refractivity contribution in [2.24, 2.45) is 0 Å². The summed E-state index contributed by atoms with van der Waals surface area (Å²) in [5.74, 6) is -0.176. The van der Waals surface area contributed by atoms with Gasteiger partial charge in [-0.2, -0.15) is 0 Å². The predicted molar refractivity (Wildman–Crippen MR) is 77.0 cm³/mol. The fourth-order valence-corrected chi connectivity index (χ4v) is 1.68. The first kappa shape index (κ1) is 16.0. The minimum Gasteiger partial charge on any atom is -1.00 e. The zero-order valence-electron chi connectivity index (χ0n) is 12.7. The molecule has 0 amide bonds. The van der Waals surface area contributed by atoms with Gasteiger partial charge in [-0.05, 0) is 25.1 Å². The van der Waals surface area contributed by atoms with Gasteiger partial charge in [0.15, 0.2) is 0 Å². The first-order valence-electron chi connectivity index (χ1n) is 5.73. The van der Waals surface area contributed by atoms with Crippen LogP contribution in [0, 0.1) is 0 Å². The van der Waals surface area contributed by atoms with E-state index < -0.39 is 11.9 Å². The Morgan fingerprint density at radius 1 is 1.11 bits per heavy atom. The van der Waals surface area contributed by atoms with Crippen LogP contribution in [0.2, 0.25) is 0 Å². The average Bonchev–Trinajstić information content (AvgIpc) is 2.39. The van der Waals surface area contributed by atoms with Crippen LogP contribution >= 0.6 is 0 Å². The number of benzene rings is 2. The molecule has 0 heterocycles. The van der Waals surface area contributed by atoms with Crippen molar-refractivity contribution in [1.29, 1.82) is 0 Å². The zero-order valence-corrected chi connectivity index (χ0v) is 13.0. The molecule has 0 spiro atoms. The van der Waals surface area contributed by atoms with Crippen LogP contribution in [-0.4, -0.2) is 48.8 Å². The summed E-state index contributed by atoms with van der Waals surface area (Å²) in [6.07, 6.45) is 0. The molecule has 0 aliphatic heterocycles. The third-order valence-electron chi connectivity index (χ3n) is 2.73. The average molecular weight is 284 g/mol. The number of rotatable bonds is 4. The van der Waals surface area contributed by atoms with Crippen LogP contribution in [0.4, 0.5) is 0 Å². The molecule has 1 atom stereocenters. The van der Waals surface area contributed by atoms with Crippen LogP contribution < -0.4 is 4.74 Å². The maximum atomic E-state index is 11.0. The molecule has 1 N–H and O–H groups in total. The summed E-state index contributed by atoms with van der Waals surface area (Å²) in [5.41, 5.74) is 0.675. The molecule has 3 nitrogen and oxygen atoms in total. The molecule has 0 saturated heterocycles. The Morgan fingerprint density at radius 3 is 2.32 bits per heavy atom. The Hall–Kier alpha value is -1.03. The quantitative estimate of drug-likeness (QED) is 0.874. The second-order valence-corrected chi connectivity index (χ2v) is 4.01. The third kappa shape index (κ3) is 4.23. The molecule has 2 aromatic rings. The monoisotopic (exact) mass is 284 g/mol. The molecule has 0 saturated carbocycles. The fraction of sp³-hybridized carbons (Fsp3) is 0.133. The Balaban J connectivity index is 0. The number of aliphatic carboxylic acids is 1. The normalized spacial score (nSPS) is 11.2. The molecule has 19 heavy (non-hydrogen) atoms. The van der Waals surface area contributed by atoms with Gasteiger partial charge in [-0.15, -0.1) is 0 Å². The maximum absolute atomic E-state index is 11.0. The minimum atomic E-state index is -0.862. The van der Waals surface area contributed by atoms with Crippen molar-refractivity contribution in [1.82, 2.24) is 0 Å². The molecule has 0 radical (unpaired) electrons. The molecule has 0 bridgehead atoms. The molecule has 0 aliphatic rings. The van der Waals surface area contributed by atoms with Crippen LogP contribution in [-0.2, 0) is 4.79 Å². The van der Waals surface area contributed by atoms with Crippen LogP contribution in [0.15, 0.2) is 54.6 Å². The summed E-state index contributed by atoms with van der Waals surface area (Å²) in [5, 5.41) is 9.07. The van der Waals surface area contributed by atoms with E-state index >= 15 is 0 Å². The number of hydrogen-bond donors (Lipinski definition) is 1. The Labute approximate surface area is 145 Å². The van der Waals surface area contributed by atoms with E-state index in [2.05, 4.69) is 0 Å². The minimum absolute atomic E-state index is 0. The second kappa shape index (κ2) is 7.53. The standard InChI is InChI=1S/C15H14O3.Ca.2H/c1-11(15(16)17)13-9-5-6-10-14(13)18-12-7-3-2-4-8-12;;;/h2-11H,1H3,(H,16,17);;;/q;+2;2*-1. The van der Waals surface area contributed by atoms with Crippen LogP contribution in [0.5, 0.6) is 11.5 Å². The van der Waals surface area contributed by atoms with Crippen LogP contribution in [0.3, 0.4) is 0 Å². The van der Waals surface area contributed by atoms with Crippen LogP contribution in [0.1, 0.15) is 21.3 Å². The summed E-state index contributed by atoms with van der Waals surface area (Å²) < 4.78 is 5.72. The molecule has 96 valence electrons. The van der Waals surface area contributed by atoms with Gasteiger partial charge < -0.3 is 12.7 Å². The predicted octanol–water partition coefficient (Wildman–Crippen LogP) is 3.51. The van der Waals surface area contributed by atoms with Gasteiger partial charge >= 0.3 is 43.7 Å². The molecular formula is C15H16CaO3. The fourth-order valence-electron chi connectivity index (χ4n) is 1.68. The first-order chi connectivity index (χ1) is 8.68. The Morgan fingerprint density at radius 2 is 1.68 bits per heavy atom. The molecular weight excluding hydrogens is 268 g/mol. The topological polar surface area (TPSA) is 46.5 Å². The van der Waals surface area contributed by atoms with E-state index in [1.807, 2.05) is 42.5 Å². The summed E-state index contributed by atoms with van der Waals surface area (Å²) >= 11 is 0. The number of carboxylic acid groups (broad SMARTS) is 1. The Bertz CT molecular complexity index is 550. The van der Waals surface area contributed by atoms with Gasteiger partial charge in [0, 0.05) is 5.56 Å². The maximum Gasteiger partial charge on any atom is 2.00 e. The first-order valence-corrected chi connectivity index (χ1v) is 5.73. The van der Waals surface area contributed by atoms with E-state index in [0.29, 0.717) is 17.1 Å². The molecule has 2 rings (SSSR count). The van der Waals surface area contributed by atoms with Gasteiger partial charge in [0.1, 0.15) is 11.5 Å². The number of para-hydroxylation sites is 2. The number of hydrogen-bond acceptors (Lipinski definition) is 2. The van der Waals surface area contributed by atoms with E-state index in [0.717, 1.165) is 0 Å². The SMILES string of the molecule is CC(C(=O)O)c1ccccc1Oc1ccccc1.[Ca+2].[H-].[H-]. The van der Waals surface area contributed by atoms with Crippen molar-refractivity contribution < 1.29 is 17.5 Å². The van der Waals surface area contributed by atoms with Crippen molar-refractivity contribution in [3.8, 4) is 11.5 Å². The van der Waals surface area contributed by atoms with E-state index in [1.165, 1.54) is 0 Å². The summed E-state index contributed by atoms with van der Waals surface area (Å²) in [4.78, 5) is 11.0. The largest absolute Gasteiger partial charge is 2.00 e. The van der Waals surface area contributed by atoms with Gasteiger partial charge in [-0.1, -0.05) is 36.4 Å². The number of carboxylic acids is 1. The third-order valence-corrected chi connectivity index (χ3v) is 2.73.